The molecule has 1 fully saturated rings. The van der Waals surface area contributed by atoms with Crippen molar-refractivity contribution in [3.05, 3.63) is 47.3 Å². The molecule has 3 heterocycles. The van der Waals surface area contributed by atoms with E-state index < -0.39 is 0 Å². The maximum absolute atomic E-state index is 13.1. The number of fused-ring (bicyclic) bond motifs is 1. The number of hydrogen-bond donors (Lipinski definition) is 0. The number of piperidine rings is 1. The van der Waals surface area contributed by atoms with E-state index in [4.69, 9.17) is 0 Å². The van der Waals surface area contributed by atoms with E-state index in [1.807, 2.05) is 4.90 Å². The van der Waals surface area contributed by atoms with Gasteiger partial charge in [-0.05, 0) is 44.1 Å². The van der Waals surface area contributed by atoms with Crippen LogP contribution in [-0.4, -0.2) is 57.2 Å². The Bertz CT molecular complexity index is 803. The third-order valence-electron chi connectivity index (χ3n) is 5.74. The second-order valence-corrected chi connectivity index (χ2v) is 7.55. The molecule has 0 bridgehead atoms. The van der Waals surface area contributed by atoms with Gasteiger partial charge in [0, 0.05) is 26.1 Å². The van der Waals surface area contributed by atoms with Crippen molar-refractivity contribution < 1.29 is 9.18 Å². The molecule has 1 aromatic carbocycles. The Morgan fingerprint density at radius 2 is 1.93 bits per heavy atom. The van der Waals surface area contributed by atoms with Gasteiger partial charge in [0.25, 0.3) is 0 Å². The van der Waals surface area contributed by atoms with Gasteiger partial charge in [0.2, 0.25) is 5.91 Å². The first-order valence-corrected chi connectivity index (χ1v) is 9.76. The molecule has 0 saturated carbocycles. The summed E-state index contributed by atoms with van der Waals surface area (Å²) >= 11 is 0. The summed E-state index contributed by atoms with van der Waals surface area (Å²) in [6, 6.07) is 6.48. The van der Waals surface area contributed by atoms with Crippen LogP contribution in [0.1, 0.15) is 42.5 Å². The number of halogens is 1. The normalized spacial score (nSPS) is 21.0. The summed E-state index contributed by atoms with van der Waals surface area (Å²) in [4.78, 5) is 17.0. The molecule has 7 heteroatoms. The highest BCUT2D eigenvalue weighted by molar-refractivity contribution is 5.78. The highest BCUT2D eigenvalue weighted by atomic mass is 19.1. The molecule has 0 radical (unpaired) electrons. The molecule has 1 amide bonds. The third kappa shape index (κ3) is 3.88. The van der Waals surface area contributed by atoms with Gasteiger partial charge in [-0.2, -0.15) is 0 Å². The number of benzene rings is 1. The van der Waals surface area contributed by atoms with E-state index in [9.17, 15) is 9.18 Å². The van der Waals surface area contributed by atoms with Crippen LogP contribution >= 0.6 is 0 Å². The fraction of sp³-hybridized carbons (Fsp3) is 0.550. The molecule has 1 aromatic heterocycles. The van der Waals surface area contributed by atoms with Gasteiger partial charge in [0.05, 0.1) is 12.5 Å². The van der Waals surface area contributed by atoms with Gasteiger partial charge in [0.15, 0.2) is 0 Å². The number of carbonyl (C=O) groups excluding carboxylic acids is 1. The van der Waals surface area contributed by atoms with Crippen molar-refractivity contribution in [1.29, 1.82) is 0 Å². The Labute approximate surface area is 159 Å². The summed E-state index contributed by atoms with van der Waals surface area (Å²) in [7, 11) is 2.15. The number of amides is 1. The summed E-state index contributed by atoms with van der Waals surface area (Å²) in [6.07, 6.45) is 4.60. The lowest BCUT2D eigenvalue weighted by Gasteiger charge is -2.32. The Morgan fingerprint density at radius 1 is 1.11 bits per heavy atom. The van der Waals surface area contributed by atoms with Crippen molar-refractivity contribution in [2.45, 2.75) is 44.7 Å². The molecule has 1 saturated heterocycles. The van der Waals surface area contributed by atoms with Gasteiger partial charge >= 0.3 is 0 Å². The molecule has 0 aliphatic carbocycles. The third-order valence-corrected chi connectivity index (χ3v) is 5.74. The number of nitrogens with zero attached hydrogens (tertiary/aromatic N) is 5. The van der Waals surface area contributed by atoms with Crippen molar-refractivity contribution >= 4 is 5.91 Å². The second-order valence-electron chi connectivity index (χ2n) is 7.55. The van der Waals surface area contributed by atoms with Crippen LogP contribution in [-0.2, 0) is 24.2 Å². The number of hydrogen-bond acceptors (Lipinski definition) is 4. The maximum Gasteiger partial charge on any atom is 0.227 e. The number of aromatic nitrogens is 3. The Morgan fingerprint density at radius 3 is 2.70 bits per heavy atom. The van der Waals surface area contributed by atoms with E-state index in [1.165, 1.54) is 25.0 Å². The fourth-order valence-electron chi connectivity index (χ4n) is 4.13. The van der Waals surface area contributed by atoms with Crippen LogP contribution < -0.4 is 0 Å². The van der Waals surface area contributed by atoms with Crippen LogP contribution in [0.15, 0.2) is 24.3 Å². The van der Waals surface area contributed by atoms with Crippen molar-refractivity contribution in [3.8, 4) is 0 Å². The smallest absolute Gasteiger partial charge is 0.227 e. The van der Waals surface area contributed by atoms with E-state index >= 15 is 0 Å². The average Bonchev–Trinajstić information content (AvgIpc) is 2.94. The minimum absolute atomic E-state index is 0.0802. The van der Waals surface area contributed by atoms with Crippen molar-refractivity contribution in [2.24, 2.45) is 0 Å². The molecule has 1 atom stereocenters. The average molecular weight is 371 g/mol. The lowest BCUT2D eigenvalue weighted by Crippen LogP contribution is -2.35. The summed E-state index contributed by atoms with van der Waals surface area (Å²) in [5, 5.41) is 8.91. The molecular weight excluding hydrogens is 345 g/mol. The molecule has 2 aromatic rings. The van der Waals surface area contributed by atoms with Crippen molar-refractivity contribution in [2.75, 3.05) is 26.7 Å². The minimum atomic E-state index is -0.279. The van der Waals surface area contributed by atoms with E-state index in [1.54, 1.807) is 12.1 Å². The van der Waals surface area contributed by atoms with Crippen LogP contribution in [0.5, 0.6) is 0 Å². The molecule has 2 aliphatic heterocycles. The number of likely N-dealkylation sites (tertiary alicyclic amines) is 1. The zero-order chi connectivity index (χ0) is 18.8. The van der Waals surface area contributed by atoms with Gasteiger partial charge in [-0.15, -0.1) is 10.2 Å². The molecule has 144 valence electrons. The molecule has 0 spiro atoms. The van der Waals surface area contributed by atoms with Gasteiger partial charge in [-0.3, -0.25) is 9.69 Å². The van der Waals surface area contributed by atoms with Crippen molar-refractivity contribution in [3.63, 3.8) is 0 Å². The van der Waals surface area contributed by atoms with Crippen LogP contribution in [0.25, 0.3) is 0 Å². The Balaban J connectivity index is 1.44. The maximum atomic E-state index is 13.1. The summed E-state index contributed by atoms with van der Waals surface area (Å²) in [5.74, 6) is 1.82. The summed E-state index contributed by atoms with van der Waals surface area (Å²) in [6.45, 7) is 3.14. The molecular formula is C20H26FN5O. The zero-order valence-corrected chi connectivity index (χ0v) is 15.8. The minimum Gasteiger partial charge on any atom is -0.340 e. The van der Waals surface area contributed by atoms with Gasteiger partial charge in [-0.25, -0.2) is 4.39 Å². The molecule has 0 N–H and O–H groups in total. The van der Waals surface area contributed by atoms with Gasteiger partial charge in [-0.1, -0.05) is 18.6 Å². The SMILES string of the molecule is CN1CCCC[C@@H]1c1nnc2n1CCN(C(=O)Cc1ccc(F)cc1)CC2. The quantitative estimate of drug-likeness (QED) is 0.830. The lowest BCUT2D eigenvalue weighted by atomic mass is 10.0. The first kappa shape index (κ1) is 18.1. The summed E-state index contributed by atoms with van der Waals surface area (Å²) < 4.78 is 15.3. The number of rotatable bonds is 3. The highest BCUT2D eigenvalue weighted by Crippen LogP contribution is 2.29. The van der Waals surface area contributed by atoms with Crippen LogP contribution in [0.3, 0.4) is 0 Å². The monoisotopic (exact) mass is 371 g/mol. The second kappa shape index (κ2) is 7.76. The van der Waals surface area contributed by atoms with Gasteiger partial charge < -0.3 is 9.47 Å². The zero-order valence-electron chi connectivity index (χ0n) is 15.8. The van der Waals surface area contributed by atoms with E-state index in [0.717, 1.165) is 43.1 Å². The molecule has 0 unspecified atom stereocenters. The topological polar surface area (TPSA) is 54.3 Å². The molecule has 2 aliphatic rings. The fourth-order valence-corrected chi connectivity index (χ4v) is 4.13. The lowest BCUT2D eigenvalue weighted by molar-refractivity contribution is -0.130. The van der Waals surface area contributed by atoms with Crippen LogP contribution in [0.4, 0.5) is 4.39 Å². The highest BCUT2D eigenvalue weighted by Gasteiger charge is 2.29. The Hall–Kier alpha value is -2.28. The summed E-state index contributed by atoms with van der Waals surface area (Å²) in [5.41, 5.74) is 0.842. The first-order chi connectivity index (χ1) is 13.1. The predicted molar refractivity (Wildman–Crippen MR) is 99.6 cm³/mol. The molecule has 4 rings (SSSR count). The predicted octanol–water partition coefficient (Wildman–Crippen LogP) is 2.20. The van der Waals surface area contributed by atoms with Crippen LogP contribution in [0.2, 0.25) is 0 Å². The number of carbonyl (C=O) groups is 1. The molecule has 6 nitrogen and oxygen atoms in total. The van der Waals surface area contributed by atoms with E-state index in [2.05, 4.69) is 26.7 Å². The largest absolute Gasteiger partial charge is 0.340 e. The van der Waals surface area contributed by atoms with E-state index in [0.29, 0.717) is 25.6 Å². The first-order valence-electron chi connectivity index (χ1n) is 9.76. The van der Waals surface area contributed by atoms with E-state index in [-0.39, 0.29) is 11.7 Å². The van der Waals surface area contributed by atoms with Crippen LogP contribution in [0, 0.1) is 5.82 Å². The molecule has 27 heavy (non-hydrogen) atoms. The van der Waals surface area contributed by atoms with Gasteiger partial charge in [0.1, 0.15) is 17.5 Å². The Kier molecular flexibility index (Phi) is 5.20. The standard InChI is InChI=1S/C20H26FN5O/c1-24-10-3-2-4-17(24)20-23-22-18-9-11-25(12-13-26(18)20)19(27)14-15-5-7-16(21)8-6-15/h5-8,17H,2-4,9-14H2,1H3/t17-/m1/s1. The van der Waals surface area contributed by atoms with Crippen molar-refractivity contribution in [1.82, 2.24) is 24.6 Å².